The molecule has 0 spiro atoms. The van der Waals surface area contributed by atoms with Crippen molar-refractivity contribution < 1.29 is 0 Å². The number of rotatable bonds is 5. The summed E-state index contributed by atoms with van der Waals surface area (Å²) >= 11 is 11.2. The van der Waals surface area contributed by atoms with Crippen molar-refractivity contribution in [3.8, 4) is 55.7 Å². The van der Waals surface area contributed by atoms with Gasteiger partial charge in [-0.3, -0.25) is 4.98 Å². The molecule has 0 amide bonds. The second kappa shape index (κ2) is 31.2. The van der Waals surface area contributed by atoms with E-state index in [1.165, 1.54) is 125 Å². The Balaban J connectivity index is 0.0000000902. The van der Waals surface area contributed by atoms with Crippen molar-refractivity contribution in [1.29, 1.82) is 0 Å². The third kappa shape index (κ3) is 13.2. The van der Waals surface area contributed by atoms with E-state index in [4.69, 9.17) is 36.5 Å². The molecule has 0 bridgehead atoms. The lowest BCUT2D eigenvalue weighted by molar-refractivity contribution is 1.22. The first kappa shape index (κ1) is 74.5. The van der Waals surface area contributed by atoms with E-state index in [0.717, 1.165) is 103 Å². The molecule has 0 aliphatic heterocycles. The smallest absolute Gasteiger partial charge is 0.114 e. The predicted molar refractivity (Wildman–Crippen MR) is 526 cm³/mol. The van der Waals surface area contributed by atoms with Gasteiger partial charge in [-0.25, -0.2) is 24.9 Å². The summed E-state index contributed by atoms with van der Waals surface area (Å²) in [4.78, 5) is 30.7. The molecule has 590 valence electrons. The van der Waals surface area contributed by atoms with Crippen LogP contribution < -0.4 is 0 Å². The van der Waals surface area contributed by atoms with Gasteiger partial charge in [0.25, 0.3) is 0 Å². The van der Waals surface area contributed by atoms with Crippen LogP contribution in [-0.2, 0) is 0 Å². The van der Waals surface area contributed by atoms with Crippen molar-refractivity contribution >= 4 is 197 Å². The quantitative estimate of drug-likeness (QED) is 0.170. The van der Waals surface area contributed by atoms with Gasteiger partial charge in [0.1, 0.15) is 11.4 Å². The maximum Gasteiger partial charge on any atom is 0.114 e. The maximum atomic E-state index is 6.16. The van der Waals surface area contributed by atoms with Crippen molar-refractivity contribution in [1.82, 2.24) is 51.9 Å². The molecule has 0 unspecified atom stereocenters. The second-order valence-corrected chi connectivity index (χ2v) is 33.9. The molecule has 0 radical (unpaired) electrons. The minimum absolute atomic E-state index is 0.781. The number of aromatic nitrogens is 11. The average molecular weight is 1710 g/mol. The molecule has 27 rings (SSSR count). The fourth-order valence-electron chi connectivity index (χ4n) is 18.2. The van der Waals surface area contributed by atoms with E-state index in [2.05, 4.69) is 396 Å². The highest BCUT2D eigenvalue weighted by molar-refractivity contribution is 9.10. The lowest BCUT2D eigenvalue weighted by atomic mass is 9.99. The zero-order valence-electron chi connectivity index (χ0n) is 67.3. The number of hydrogen-bond donors (Lipinski definition) is 0. The zero-order chi connectivity index (χ0) is 83.2. The molecule has 27 aromatic rings. The van der Waals surface area contributed by atoms with Crippen LogP contribution in [0.25, 0.3) is 214 Å². The lowest BCUT2D eigenvalue weighted by Crippen LogP contribution is -1.93. The minimum atomic E-state index is 0.781. The van der Waals surface area contributed by atoms with Gasteiger partial charge in [-0.2, -0.15) is 0 Å². The van der Waals surface area contributed by atoms with Gasteiger partial charge in [0.05, 0.1) is 87.2 Å². The summed E-state index contributed by atoms with van der Waals surface area (Å²) in [6, 6.07) is 131. The molecule has 0 aliphatic carbocycles. The molecular formula is C111H71BrClN11S. The van der Waals surface area contributed by atoms with Gasteiger partial charge >= 0.3 is 0 Å². The fraction of sp³-hybridized carbons (Fsp3) is 0.00901. The Kier molecular flexibility index (Phi) is 18.6. The van der Waals surface area contributed by atoms with E-state index in [9.17, 15) is 0 Å². The summed E-state index contributed by atoms with van der Waals surface area (Å²) in [7, 11) is 0. The van der Waals surface area contributed by atoms with Crippen LogP contribution in [0.1, 0.15) is 5.56 Å². The van der Waals surface area contributed by atoms with E-state index in [0.29, 0.717) is 0 Å². The summed E-state index contributed by atoms with van der Waals surface area (Å²) in [5.74, 6) is 0. The Morgan fingerprint density at radius 3 is 1.18 bits per heavy atom. The second-order valence-electron chi connectivity index (χ2n) is 31.3. The van der Waals surface area contributed by atoms with Crippen LogP contribution in [0.4, 0.5) is 0 Å². The normalized spacial score (nSPS) is 11.6. The Hall–Kier alpha value is -15.5. The van der Waals surface area contributed by atoms with Gasteiger partial charge in [-0.05, 0) is 192 Å². The molecule has 125 heavy (non-hydrogen) atoms. The molecule has 17 heterocycles. The molecule has 0 saturated carbocycles. The number of halogens is 2. The molecule has 0 fully saturated rings. The van der Waals surface area contributed by atoms with Crippen LogP contribution in [0, 0.1) is 6.92 Å². The van der Waals surface area contributed by atoms with Gasteiger partial charge in [0.2, 0.25) is 0 Å². The summed E-state index contributed by atoms with van der Waals surface area (Å²) in [6.07, 6.45) is 12.4. The first-order valence-electron chi connectivity index (χ1n) is 41.6. The highest BCUT2D eigenvalue weighted by Crippen LogP contribution is 2.44. The molecule has 14 heteroatoms. The van der Waals surface area contributed by atoms with E-state index < -0.39 is 0 Å². The standard InChI is InChI=1S/2C25H16N2.C22H15BrN2.C20H13N3.C19H11ClN2S/c1-2-11-19-17(8-1)9-7-13-21(19)24-25-22(16-18-10-5-6-15-27(18)25)20-12-3-4-14-23(20)26-24;1-2-8-18-15-19(13-12-17(18)7-1)24-25-22(16-20-9-5-6-14-27(20)25)21-10-3-4-11-23(21)26-24;1-14-5-4-12-25-20(14)13-18-17-6-2-3-7-19(17)24-21(22(18)25)15-8-10-16(23)11-9-15;1-2-9-17-15(8-1)16-13-14-7-4-6-12-23(14)20(16)19(22-17)18-10-3-5-11-21-18;20-17-9-8-16(23-17)18-19-14(11-12-5-3-4-10-22(12)19)13-6-1-2-7-15(13)21-18/h2*1-16H;2-13H,1H3;1-13H;1-11H. The lowest BCUT2D eigenvalue weighted by Gasteiger charge is -2.11. The third-order valence-corrected chi connectivity index (χ3v) is 25.7. The van der Waals surface area contributed by atoms with Crippen LogP contribution in [0.15, 0.2) is 418 Å². The fourth-order valence-corrected chi connectivity index (χ4v) is 19.5. The molecule has 11 nitrogen and oxygen atoms in total. The number of benzene rings is 10. The van der Waals surface area contributed by atoms with Gasteiger partial charge in [-0.15, -0.1) is 11.3 Å². The Morgan fingerprint density at radius 2 is 0.664 bits per heavy atom. The summed E-state index contributed by atoms with van der Waals surface area (Å²) < 4.78 is 13.0. The topological polar surface area (TPSA) is 99.4 Å². The van der Waals surface area contributed by atoms with Crippen LogP contribution in [0.5, 0.6) is 0 Å². The van der Waals surface area contributed by atoms with Gasteiger partial charge in [-0.1, -0.05) is 246 Å². The predicted octanol–water partition coefficient (Wildman–Crippen LogP) is 30.0. The van der Waals surface area contributed by atoms with Gasteiger partial charge in [0, 0.05) is 140 Å². The number of aryl methyl sites for hydroxylation is 1. The first-order chi connectivity index (χ1) is 61.7. The SMILES string of the molecule is Cc1cccn2c1cc1c3ccccc3nc(-c3ccc(Br)cc3)c12.Clc1ccc(-c2nc3ccccc3c3cc4ccccn4c23)s1.c1ccc(-c2nc3ccccc3c3cc4ccccn4c23)nc1.c1ccc2c(-c3nc4ccccc4c4cc5ccccn5c34)cccc2c1.c1ccc2cc(-c3nc4ccccc4c4cc5ccccn5c34)ccc2c1. The van der Waals surface area contributed by atoms with E-state index in [1.807, 2.05) is 66.9 Å². The number of pyridine rings is 11. The molecule has 0 aliphatic rings. The van der Waals surface area contributed by atoms with E-state index in [-0.39, 0.29) is 0 Å². The van der Waals surface area contributed by atoms with Crippen molar-refractivity contribution in [2.24, 2.45) is 0 Å². The minimum Gasteiger partial charge on any atom is -0.315 e. The number of thiophene rings is 1. The number of hydrogen-bond acceptors (Lipinski definition) is 7. The van der Waals surface area contributed by atoms with E-state index >= 15 is 0 Å². The van der Waals surface area contributed by atoms with Crippen molar-refractivity contribution in [2.75, 3.05) is 0 Å². The molecular weight excluding hydrogens is 1630 g/mol. The summed E-state index contributed by atoms with van der Waals surface area (Å²) in [5.41, 5.74) is 27.4. The maximum absolute atomic E-state index is 6.16. The van der Waals surface area contributed by atoms with Crippen LogP contribution in [0.3, 0.4) is 0 Å². The third-order valence-electron chi connectivity index (χ3n) is 23.9. The Morgan fingerprint density at radius 1 is 0.272 bits per heavy atom. The number of fused-ring (bicyclic) bond motifs is 27. The Labute approximate surface area is 733 Å². The number of para-hydroxylation sites is 5. The molecule has 0 saturated heterocycles. The van der Waals surface area contributed by atoms with Crippen LogP contribution >= 0.6 is 38.9 Å². The number of nitrogens with zero attached hydrogens (tertiary/aromatic N) is 11. The molecule has 0 atom stereocenters. The van der Waals surface area contributed by atoms with Crippen molar-refractivity contribution in [3.63, 3.8) is 0 Å². The highest BCUT2D eigenvalue weighted by atomic mass is 79.9. The average Bonchev–Trinajstić information content (AvgIpc) is 1.65. The van der Waals surface area contributed by atoms with Gasteiger partial charge in [0.15, 0.2) is 0 Å². The zero-order valence-corrected chi connectivity index (χ0v) is 70.5. The summed E-state index contributed by atoms with van der Waals surface area (Å²) in [5, 5.41) is 17.1. The molecule has 17 aromatic heterocycles. The monoisotopic (exact) mass is 1700 g/mol. The first-order valence-corrected chi connectivity index (χ1v) is 43.6. The van der Waals surface area contributed by atoms with Crippen LogP contribution in [-0.4, -0.2) is 51.9 Å². The molecule has 0 N–H and O–H groups in total. The molecule has 10 aromatic carbocycles. The van der Waals surface area contributed by atoms with Crippen molar-refractivity contribution in [3.05, 3.63) is 428 Å². The highest BCUT2D eigenvalue weighted by Gasteiger charge is 2.23. The summed E-state index contributed by atoms with van der Waals surface area (Å²) in [6.45, 7) is 2.16. The van der Waals surface area contributed by atoms with Crippen LogP contribution in [0.2, 0.25) is 4.34 Å². The van der Waals surface area contributed by atoms with Crippen molar-refractivity contribution in [2.45, 2.75) is 6.92 Å². The largest absolute Gasteiger partial charge is 0.315 e. The Bertz CT molecular complexity index is 8940. The van der Waals surface area contributed by atoms with Gasteiger partial charge < -0.3 is 22.0 Å². The van der Waals surface area contributed by atoms with E-state index in [1.54, 1.807) is 11.3 Å².